The number of rotatable bonds is 6. The Balaban J connectivity index is 1.25. The van der Waals surface area contributed by atoms with Crippen LogP contribution in [0, 0.1) is 11.3 Å². The van der Waals surface area contributed by atoms with E-state index < -0.39 is 41.6 Å². The van der Waals surface area contributed by atoms with Gasteiger partial charge in [-0.2, -0.15) is 36.6 Å². The number of amidine groups is 1. The van der Waals surface area contributed by atoms with E-state index in [1.807, 2.05) is 9.80 Å². The number of nitrogens with zero attached hydrogens (tertiary/aromatic N) is 5. The van der Waals surface area contributed by atoms with Gasteiger partial charge in [-0.1, -0.05) is 12.1 Å². The summed E-state index contributed by atoms with van der Waals surface area (Å²) in [6.45, 7) is 1.61. The van der Waals surface area contributed by atoms with Crippen molar-refractivity contribution in [3.05, 3.63) is 87.5 Å². The zero-order chi connectivity index (χ0) is 32.4. The maximum atomic E-state index is 13.5. The number of ether oxygens (including phenoxy) is 2. The molecule has 1 fully saturated rings. The minimum atomic E-state index is -5.03. The van der Waals surface area contributed by atoms with Gasteiger partial charge in [-0.25, -0.2) is 4.98 Å². The molecule has 1 saturated heterocycles. The normalized spacial score (nSPS) is 16.5. The van der Waals surface area contributed by atoms with Crippen molar-refractivity contribution in [2.24, 2.45) is 4.99 Å². The number of nitriles is 1. The van der Waals surface area contributed by atoms with Crippen LogP contribution in [-0.2, 0) is 23.8 Å². The zero-order valence-electron chi connectivity index (χ0n) is 23.4. The summed E-state index contributed by atoms with van der Waals surface area (Å²) in [6, 6.07) is 11.4. The molecule has 0 spiro atoms. The van der Waals surface area contributed by atoms with Gasteiger partial charge in [-0.3, -0.25) is 4.79 Å². The number of hydrogen-bond acceptors (Lipinski definition) is 8. The minimum absolute atomic E-state index is 0.0559. The second kappa shape index (κ2) is 12.7. The first-order valence-electron chi connectivity index (χ1n) is 13.3. The zero-order valence-corrected chi connectivity index (χ0v) is 24.3. The van der Waals surface area contributed by atoms with E-state index in [9.17, 15) is 36.4 Å². The number of benzene rings is 2. The quantitative estimate of drug-likeness (QED) is 0.225. The van der Waals surface area contributed by atoms with E-state index in [1.54, 1.807) is 30.5 Å². The summed E-state index contributed by atoms with van der Waals surface area (Å²) >= 11 is 1.20. The molecule has 5 rings (SSSR count). The summed E-state index contributed by atoms with van der Waals surface area (Å²) in [6.07, 6.45) is -6.74. The highest BCUT2D eigenvalue weighted by Crippen LogP contribution is 2.39. The molecular formula is C30H23F6N5O3S. The number of amides is 1. The molecular weight excluding hydrogens is 624 g/mol. The highest BCUT2D eigenvalue weighted by Gasteiger charge is 2.38. The van der Waals surface area contributed by atoms with Gasteiger partial charge in [-0.05, 0) is 59.8 Å². The number of alkyl halides is 6. The summed E-state index contributed by atoms with van der Waals surface area (Å²) in [5.74, 6) is 0.373. The first-order valence-corrected chi connectivity index (χ1v) is 14.1. The molecule has 234 valence electrons. The molecule has 2 aliphatic rings. The fourth-order valence-electron chi connectivity index (χ4n) is 4.72. The van der Waals surface area contributed by atoms with Crippen LogP contribution < -0.4 is 14.4 Å². The van der Waals surface area contributed by atoms with Gasteiger partial charge < -0.3 is 19.3 Å². The Bertz CT molecular complexity index is 1710. The van der Waals surface area contributed by atoms with E-state index in [-0.39, 0.29) is 17.6 Å². The predicted molar refractivity (Wildman–Crippen MR) is 155 cm³/mol. The maximum Gasteiger partial charge on any atom is 0.416 e. The van der Waals surface area contributed by atoms with Crippen molar-refractivity contribution in [1.82, 2.24) is 9.88 Å². The number of methoxy groups -OCH3 is 1. The van der Waals surface area contributed by atoms with Crippen LogP contribution in [0.5, 0.6) is 11.5 Å². The molecule has 1 aromatic heterocycles. The number of carbonyl (C=O) groups is 1. The van der Waals surface area contributed by atoms with Crippen molar-refractivity contribution >= 4 is 34.7 Å². The van der Waals surface area contributed by atoms with Crippen LogP contribution in [-0.4, -0.2) is 54.2 Å². The van der Waals surface area contributed by atoms with Gasteiger partial charge in [0.25, 0.3) is 5.91 Å². The largest absolute Gasteiger partial charge is 0.493 e. The van der Waals surface area contributed by atoms with E-state index >= 15 is 0 Å². The Morgan fingerprint density at radius 1 is 0.978 bits per heavy atom. The third kappa shape index (κ3) is 7.17. The minimum Gasteiger partial charge on any atom is -0.493 e. The van der Waals surface area contributed by atoms with E-state index in [2.05, 4.69) is 16.0 Å². The first-order chi connectivity index (χ1) is 21.4. The van der Waals surface area contributed by atoms with Crippen LogP contribution in [0.25, 0.3) is 6.08 Å². The number of pyridine rings is 1. The summed E-state index contributed by atoms with van der Waals surface area (Å²) in [4.78, 5) is 25.5. The van der Waals surface area contributed by atoms with Crippen LogP contribution in [0.4, 0.5) is 32.2 Å². The van der Waals surface area contributed by atoms with Crippen LogP contribution in [0.1, 0.15) is 27.8 Å². The second-order valence-electron chi connectivity index (χ2n) is 9.84. The lowest BCUT2D eigenvalue weighted by Crippen LogP contribution is -2.48. The van der Waals surface area contributed by atoms with E-state index in [0.29, 0.717) is 59.3 Å². The summed E-state index contributed by atoms with van der Waals surface area (Å²) < 4.78 is 90.4. The number of anilines is 1. The molecule has 0 N–H and O–H groups in total. The van der Waals surface area contributed by atoms with Crippen LogP contribution in [0.2, 0.25) is 0 Å². The number of aliphatic imine (C=N–C) groups is 1. The van der Waals surface area contributed by atoms with Gasteiger partial charge >= 0.3 is 12.4 Å². The molecule has 8 nitrogen and oxygen atoms in total. The third-order valence-electron chi connectivity index (χ3n) is 6.98. The molecule has 0 unspecified atom stereocenters. The molecule has 3 heterocycles. The number of piperazine rings is 1. The molecule has 0 bridgehead atoms. The Kier molecular flexibility index (Phi) is 8.96. The van der Waals surface area contributed by atoms with Crippen LogP contribution in [0.3, 0.4) is 0 Å². The molecule has 0 atom stereocenters. The van der Waals surface area contributed by atoms with Gasteiger partial charge in [0.1, 0.15) is 18.5 Å². The van der Waals surface area contributed by atoms with Crippen molar-refractivity contribution in [1.29, 1.82) is 5.26 Å². The molecule has 1 amide bonds. The van der Waals surface area contributed by atoms with Crippen LogP contribution in [0.15, 0.2) is 64.6 Å². The Morgan fingerprint density at radius 3 is 2.38 bits per heavy atom. The monoisotopic (exact) mass is 647 g/mol. The molecule has 0 aliphatic carbocycles. The summed E-state index contributed by atoms with van der Waals surface area (Å²) in [7, 11) is 1.32. The highest BCUT2D eigenvalue weighted by atomic mass is 32.2. The SMILES string of the molecule is COc1cc(/C=C2/SC(N3CCN(c4ncccc4C#N)CC3)=NC2=O)ccc1OCc1ccc(C(F)(F)F)cc1C(F)(F)F. The first kappa shape index (κ1) is 31.7. The molecule has 3 aromatic rings. The van der Waals surface area contributed by atoms with Crippen molar-refractivity contribution < 1.29 is 40.6 Å². The van der Waals surface area contributed by atoms with Gasteiger partial charge in [0.15, 0.2) is 16.7 Å². The smallest absolute Gasteiger partial charge is 0.416 e. The number of thioether (sulfide) groups is 1. The van der Waals surface area contributed by atoms with Crippen molar-refractivity contribution in [3.8, 4) is 17.6 Å². The summed E-state index contributed by atoms with van der Waals surface area (Å²) in [5.41, 5.74) is -2.33. The van der Waals surface area contributed by atoms with Crippen molar-refractivity contribution in [2.75, 3.05) is 38.2 Å². The average Bonchev–Trinajstić information content (AvgIpc) is 3.38. The Hall–Kier alpha value is -4.71. The van der Waals surface area contributed by atoms with E-state index in [1.165, 1.54) is 31.0 Å². The number of halogens is 6. The lowest BCUT2D eigenvalue weighted by atomic mass is 10.0. The second-order valence-corrected chi connectivity index (χ2v) is 10.8. The van der Waals surface area contributed by atoms with Gasteiger partial charge in [0.2, 0.25) is 0 Å². The molecule has 15 heteroatoms. The van der Waals surface area contributed by atoms with Crippen LogP contribution >= 0.6 is 11.8 Å². The molecule has 45 heavy (non-hydrogen) atoms. The van der Waals surface area contributed by atoms with Gasteiger partial charge in [0.05, 0.1) is 28.7 Å². The standard InChI is InChI=1S/C30H23F6N5O3S/c1-43-24-13-18(4-7-23(24)44-17-20-5-6-21(29(31,32)33)15-22(20)30(34,35)36)14-25-27(42)39-28(45-25)41-11-9-40(10-12-41)26-19(16-37)3-2-8-38-26/h2-8,13-15H,9-12,17H2,1H3/b25-14+. The lowest BCUT2D eigenvalue weighted by Gasteiger charge is -2.36. The topological polar surface area (TPSA) is 91.0 Å². The Labute approximate surface area is 257 Å². The number of aromatic nitrogens is 1. The Morgan fingerprint density at radius 2 is 1.71 bits per heavy atom. The maximum absolute atomic E-state index is 13.5. The number of carbonyl (C=O) groups excluding carboxylic acids is 1. The molecule has 2 aromatic carbocycles. The molecule has 0 saturated carbocycles. The highest BCUT2D eigenvalue weighted by molar-refractivity contribution is 8.18. The molecule has 2 aliphatic heterocycles. The fourth-order valence-corrected chi connectivity index (χ4v) is 5.69. The third-order valence-corrected chi connectivity index (χ3v) is 8.02. The molecule has 0 radical (unpaired) electrons. The van der Waals surface area contributed by atoms with E-state index in [4.69, 9.17) is 9.47 Å². The van der Waals surface area contributed by atoms with E-state index in [0.717, 1.165) is 6.07 Å². The summed E-state index contributed by atoms with van der Waals surface area (Å²) in [5, 5.41) is 9.90. The number of hydrogen-bond donors (Lipinski definition) is 0. The lowest BCUT2D eigenvalue weighted by molar-refractivity contribution is -0.143. The fraction of sp³-hybridized carbons (Fsp3) is 0.267. The van der Waals surface area contributed by atoms with Crippen molar-refractivity contribution in [2.45, 2.75) is 19.0 Å². The van der Waals surface area contributed by atoms with Gasteiger partial charge in [0, 0.05) is 37.9 Å². The predicted octanol–water partition coefficient (Wildman–Crippen LogP) is 6.37. The van der Waals surface area contributed by atoms with Gasteiger partial charge in [-0.15, -0.1) is 0 Å². The van der Waals surface area contributed by atoms with Crippen molar-refractivity contribution in [3.63, 3.8) is 0 Å². The average molecular weight is 648 g/mol.